The molecule has 0 spiro atoms. The minimum Gasteiger partial charge on any atom is -0.369 e. The van der Waals surface area contributed by atoms with Gasteiger partial charge < -0.3 is 15.0 Å². The summed E-state index contributed by atoms with van der Waals surface area (Å²) in [7, 11) is 1.58. The monoisotopic (exact) mass is 423 g/mol. The lowest BCUT2D eigenvalue weighted by Gasteiger charge is -2.34. The maximum Gasteiger partial charge on any atom is 0.269 e. The van der Waals surface area contributed by atoms with Gasteiger partial charge in [0.05, 0.1) is 24.5 Å². The highest BCUT2D eigenvalue weighted by atomic mass is 16.5. The molecule has 2 amide bonds. The molecule has 1 N–H and O–H groups in total. The highest BCUT2D eigenvalue weighted by Crippen LogP contribution is 2.24. The molecule has 164 valence electrons. The van der Waals surface area contributed by atoms with Crippen LogP contribution in [0.3, 0.4) is 0 Å². The number of nitrogens with one attached hydrogen (secondary N) is 1. The molecule has 2 aromatic heterocycles. The lowest BCUT2D eigenvalue weighted by atomic mass is 10.1. The number of morpholine rings is 1. The highest BCUT2D eigenvalue weighted by molar-refractivity contribution is 5.92. The van der Waals surface area contributed by atoms with E-state index in [2.05, 4.69) is 15.2 Å². The van der Waals surface area contributed by atoms with Gasteiger partial charge in [0.2, 0.25) is 5.91 Å². The van der Waals surface area contributed by atoms with Crippen molar-refractivity contribution in [1.82, 2.24) is 25.1 Å². The van der Waals surface area contributed by atoms with E-state index >= 15 is 0 Å². The van der Waals surface area contributed by atoms with E-state index in [0.717, 1.165) is 49.4 Å². The Morgan fingerprint density at radius 2 is 1.97 bits per heavy atom. The van der Waals surface area contributed by atoms with Gasteiger partial charge in [-0.05, 0) is 43.5 Å². The summed E-state index contributed by atoms with van der Waals surface area (Å²) >= 11 is 0. The number of ether oxygens (including phenoxy) is 1. The van der Waals surface area contributed by atoms with E-state index in [4.69, 9.17) is 9.72 Å². The van der Waals surface area contributed by atoms with Crippen molar-refractivity contribution < 1.29 is 14.3 Å². The molecule has 0 bridgehead atoms. The van der Waals surface area contributed by atoms with Gasteiger partial charge in [0.1, 0.15) is 11.8 Å². The highest BCUT2D eigenvalue weighted by Gasteiger charge is 2.26. The van der Waals surface area contributed by atoms with E-state index in [9.17, 15) is 9.59 Å². The zero-order chi connectivity index (χ0) is 21.6. The summed E-state index contributed by atoms with van der Waals surface area (Å²) in [5.41, 5.74) is 2.82. The maximum absolute atomic E-state index is 12.6. The van der Waals surface area contributed by atoms with Gasteiger partial charge in [0.15, 0.2) is 0 Å². The van der Waals surface area contributed by atoms with E-state index < -0.39 is 0 Å². The first-order valence-electron chi connectivity index (χ1n) is 10.9. The molecule has 2 aliphatic heterocycles. The quantitative estimate of drug-likeness (QED) is 0.790. The summed E-state index contributed by atoms with van der Waals surface area (Å²) in [4.78, 5) is 37.5. The van der Waals surface area contributed by atoms with Crippen LogP contribution in [0.1, 0.15) is 41.5 Å². The van der Waals surface area contributed by atoms with Crippen LogP contribution in [0.2, 0.25) is 0 Å². The molecule has 2 aliphatic rings. The van der Waals surface area contributed by atoms with Crippen molar-refractivity contribution in [2.45, 2.75) is 25.4 Å². The van der Waals surface area contributed by atoms with Gasteiger partial charge in [-0.15, -0.1) is 0 Å². The Balaban J connectivity index is 1.42. The van der Waals surface area contributed by atoms with Gasteiger partial charge in [-0.1, -0.05) is 6.07 Å². The number of pyridine rings is 2. The van der Waals surface area contributed by atoms with E-state index in [1.54, 1.807) is 19.3 Å². The number of aromatic nitrogens is 2. The minimum atomic E-state index is -0.219. The van der Waals surface area contributed by atoms with Crippen LogP contribution in [0.15, 0.2) is 36.5 Å². The molecule has 0 unspecified atom stereocenters. The van der Waals surface area contributed by atoms with Crippen LogP contribution in [0.5, 0.6) is 0 Å². The molecule has 2 saturated heterocycles. The Bertz CT molecular complexity index is 912. The fourth-order valence-corrected chi connectivity index (χ4v) is 4.06. The molecule has 0 aliphatic carbocycles. The predicted octanol–water partition coefficient (Wildman–Crippen LogP) is 1.89. The summed E-state index contributed by atoms with van der Waals surface area (Å²) < 4.78 is 5.98. The van der Waals surface area contributed by atoms with Crippen molar-refractivity contribution in [2.24, 2.45) is 0 Å². The number of rotatable bonds is 5. The maximum atomic E-state index is 12.6. The van der Waals surface area contributed by atoms with E-state index in [1.165, 1.54) is 6.42 Å². The summed E-state index contributed by atoms with van der Waals surface area (Å²) in [5, 5.41) is 2.57. The third-order valence-electron chi connectivity index (χ3n) is 5.84. The Kier molecular flexibility index (Phi) is 6.89. The van der Waals surface area contributed by atoms with Crippen LogP contribution >= 0.6 is 0 Å². The predicted molar refractivity (Wildman–Crippen MR) is 116 cm³/mol. The van der Waals surface area contributed by atoms with Crippen molar-refractivity contribution in [2.75, 3.05) is 46.4 Å². The normalized spacial score (nSPS) is 19.8. The molecule has 2 fully saturated rings. The smallest absolute Gasteiger partial charge is 0.269 e. The average Bonchev–Trinajstić information content (AvgIpc) is 2.84. The SMILES string of the molecule is CNC(=O)c1ccc(-c2cccc([C@H]3CN(CC(=O)N4CCCCC4)CCO3)n2)cn1. The van der Waals surface area contributed by atoms with Crippen LogP contribution in [0.25, 0.3) is 11.3 Å². The molecule has 8 nitrogen and oxygen atoms in total. The van der Waals surface area contributed by atoms with E-state index in [-0.39, 0.29) is 17.9 Å². The second-order valence-corrected chi connectivity index (χ2v) is 7.99. The van der Waals surface area contributed by atoms with Gasteiger partial charge in [0, 0.05) is 45.0 Å². The lowest BCUT2D eigenvalue weighted by molar-refractivity contribution is -0.135. The lowest BCUT2D eigenvalue weighted by Crippen LogP contribution is -2.46. The number of amides is 2. The van der Waals surface area contributed by atoms with E-state index in [1.807, 2.05) is 29.2 Å². The number of carbonyl (C=O) groups is 2. The first-order chi connectivity index (χ1) is 15.1. The summed E-state index contributed by atoms with van der Waals surface area (Å²) in [6.07, 6.45) is 4.90. The third kappa shape index (κ3) is 5.26. The van der Waals surface area contributed by atoms with Gasteiger partial charge >= 0.3 is 0 Å². The van der Waals surface area contributed by atoms with Crippen LogP contribution in [0.4, 0.5) is 0 Å². The van der Waals surface area contributed by atoms with Gasteiger partial charge in [-0.3, -0.25) is 19.5 Å². The summed E-state index contributed by atoms with van der Waals surface area (Å²) in [6, 6.07) is 9.35. The Labute approximate surface area is 182 Å². The number of hydrogen-bond acceptors (Lipinski definition) is 6. The van der Waals surface area contributed by atoms with Crippen molar-refractivity contribution in [3.63, 3.8) is 0 Å². The molecule has 0 saturated carbocycles. The van der Waals surface area contributed by atoms with Gasteiger partial charge in [-0.2, -0.15) is 0 Å². The third-order valence-corrected chi connectivity index (χ3v) is 5.84. The molecular formula is C23H29N5O3. The zero-order valence-corrected chi connectivity index (χ0v) is 17.9. The second kappa shape index (κ2) is 9.98. The van der Waals surface area contributed by atoms with Crippen LogP contribution < -0.4 is 5.32 Å². The van der Waals surface area contributed by atoms with Crippen molar-refractivity contribution >= 4 is 11.8 Å². The molecule has 1 atom stereocenters. The fourth-order valence-electron chi connectivity index (χ4n) is 4.06. The number of carbonyl (C=O) groups excluding carboxylic acids is 2. The molecule has 8 heteroatoms. The molecule has 0 aromatic carbocycles. The Morgan fingerprint density at radius 3 is 2.71 bits per heavy atom. The fraction of sp³-hybridized carbons (Fsp3) is 0.478. The summed E-state index contributed by atoms with van der Waals surface area (Å²) in [5.74, 6) is -0.00704. The minimum absolute atomic E-state index is 0.180. The molecular weight excluding hydrogens is 394 g/mol. The van der Waals surface area contributed by atoms with Crippen molar-refractivity contribution in [3.05, 3.63) is 47.9 Å². The average molecular weight is 424 g/mol. The molecule has 0 radical (unpaired) electrons. The topological polar surface area (TPSA) is 87.7 Å². The summed E-state index contributed by atoms with van der Waals surface area (Å²) in [6.45, 7) is 4.16. The van der Waals surface area contributed by atoms with E-state index in [0.29, 0.717) is 25.4 Å². The van der Waals surface area contributed by atoms with Crippen LogP contribution in [0, 0.1) is 0 Å². The zero-order valence-electron chi connectivity index (χ0n) is 17.9. The first-order valence-corrected chi connectivity index (χ1v) is 10.9. The van der Waals surface area contributed by atoms with Gasteiger partial charge in [-0.25, -0.2) is 4.98 Å². The standard InChI is InChI=1S/C23H29N5O3/c1-24-23(30)20-9-8-17(14-25-20)18-6-5-7-19(26-18)21-15-27(12-13-31-21)16-22(29)28-10-3-2-4-11-28/h5-9,14,21H,2-4,10-13,15-16H2,1H3,(H,24,30)/t21-/m1/s1. The molecule has 31 heavy (non-hydrogen) atoms. The van der Waals surface area contributed by atoms with Crippen molar-refractivity contribution in [1.29, 1.82) is 0 Å². The number of likely N-dealkylation sites (tertiary alicyclic amines) is 1. The largest absolute Gasteiger partial charge is 0.369 e. The second-order valence-electron chi connectivity index (χ2n) is 7.99. The Morgan fingerprint density at radius 1 is 1.13 bits per heavy atom. The van der Waals surface area contributed by atoms with Crippen LogP contribution in [-0.4, -0.2) is 78.0 Å². The molecule has 2 aromatic rings. The number of nitrogens with zero attached hydrogens (tertiary/aromatic N) is 4. The number of piperidine rings is 1. The van der Waals surface area contributed by atoms with Crippen molar-refractivity contribution in [3.8, 4) is 11.3 Å². The molecule has 4 heterocycles. The number of hydrogen-bond donors (Lipinski definition) is 1. The molecule has 4 rings (SSSR count). The van der Waals surface area contributed by atoms with Crippen LogP contribution in [-0.2, 0) is 9.53 Å². The van der Waals surface area contributed by atoms with Gasteiger partial charge in [0.25, 0.3) is 5.91 Å². The first kappa shape index (κ1) is 21.4. The Hall–Kier alpha value is -2.84.